The highest BCUT2D eigenvalue weighted by molar-refractivity contribution is 9.10. The van der Waals surface area contributed by atoms with Gasteiger partial charge >= 0.3 is 0 Å². The van der Waals surface area contributed by atoms with Crippen LogP contribution in [-0.2, 0) is 0 Å². The molecule has 1 aromatic carbocycles. The summed E-state index contributed by atoms with van der Waals surface area (Å²) in [5.41, 5.74) is 7.40. The van der Waals surface area contributed by atoms with E-state index >= 15 is 0 Å². The lowest BCUT2D eigenvalue weighted by atomic mass is 10.0. The molecule has 0 amide bonds. The first-order valence-corrected chi connectivity index (χ1v) is 8.91. The zero-order valence-electron chi connectivity index (χ0n) is 14.1. The zero-order valence-corrected chi connectivity index (χ0v) is 15.6. The Morgan fingerprint density at radius 2 is 1.96 bits per heavy atom. The van der Waals surface area contributed by atoms with Crippen LogP contribution in [0.2, 0.25) is 0 Å². The fourth-order valence-electron chi connectivity index (χ4n) is 2.90. The van der Waals surface area contributed by atoms with E-state index in [1.54, 1.807) is 0 Å². The first kappa shape index (κ1) is 18.0. The van der Waals surface area contributed by atoms with Crippen LogP contribution in [0.4, 0.5) is 20.5 Å². The number of aromatic nitrogens is 2. The number of anilines is 2. The molecule has 1 fully saturated rings. The van der Waals surface area contributed by atoms with Gasteiger partial charge in [0.15, 0.2) is 11.6 Å². The zero-order chi connectivity index (χ0) is 18.1. The van der Waals surface area contributed by atoms with Crippen LogP contribution in [0.5, 0.6) is 0 Å². The van der Waals surface area contributed by atoms with Crippen molar-refractivity contribution in [3.05, 3.63) is 45.6 Å². The van der Waals surface area contributed by atoms with E-state index in [0.29, 0.717) is 23.1 Å². The molecule has 1 atom stereocenters. The van der Waals surface area contributed by atoms with Crippen LogP contribution in [0.25, 0.3) is 0 Å². The molecule has 25 heavy (non-hydrogen) atoms. The number of nitrogen functional groups attached to an aromatic ring is 1. The van der Waals surface area contributed by atoms with Crippen LogP contribution >= 0.6 is 15.9 Å². The second kappa shape index (κ2) is 7.21. The number of halogens is 3. The molecule has 3 N–H and O–H groups in total. The van der Waals surface area contributed by atoms with E-state index in [0.717, 1.165) is 24.1 Å². The Morgan fingerprint density at radius 3 is 2.68 bits per heavy atom. The highest BCUT2D eigenvalue weighted by atomic mass is 79.9. The molecule has 1 aliphatic heterocycles. The van der Waals surface area contributed by atoms with Gasteiger partial charge in [-0.1, -0.05) is 29.8 Å². The van der Waals surface area contributed by atoms with Gasteiger partial charge in [0.2, 0.25) is 5.95 Å². The number of nitrogens with two attached hydrogens (primary N) is 1. The van der Waals surface area contributed by atoms with Crippen molar-refractivity contribution in [3.63, 3.8) is 0 Å². The molecule has 8 heteroatoms. The third-order valence-corrected chi connectivity index (χ3v) is 4.94. The second-order valence-electron chi connectivity index (χ2n) is 6.40. The Balaban J connectivity index is 1.88. The van der Waals surface area contributed by atoms with Crippen molar-refractivity contribution >= 4 is 27.7 Å². The van der Waals surface area contributed by atoms with Gasteiger partial charge in [0.05, 0.1) is 11.7 Å². The molecule has 1 aromatic heterocycles. The second-order valence-corrected chi connectivity index (χ2v) is 7.26. The number of rotatable bonds is 3. The number of benzene rings is 1. The maximum atomic E-state index is 13.7. The van der Waals surface area contributed by atoms with Crippen molar-refractivity contribution in [3.8, 4) is 0 Å². The molecule has 0 radical (unpaired) electrons. The highest BCUT2D eigenvalue weighted by Crippen LogP contribution is 2.30. The van der Waals surface area contributed by atoms with E-state index < -0.39 is 11.6 Å². The Labute approximate surface area is 153 Å². The first-order valence-electron chi connectivity index (χ1n) is 8.12. The number of hydrogen-bond acceptors (Lipinski definition) is 5. The summed E-state index contributed by atoms with van der Waals surface area (Å²) in [4.78, 5) is 10.7. The number of nitrogens with one attached hydrogen (secondary N) is 1. The molecular formula is C17H20BrF2N5. The highest BCUT2D eigenvalue weighted by Gasteiger charge is 2.25. The summed E-state index contributed by atoms with van der Waals surface area (Å²) in [5.74, 6) is -0.492. The molecule has 0 saturated carbocycles. The molecule has 1 unspecified atom stereocenters. The summed E-state index contributed by atoms with van der Waals surface area (Å²) in [6, 6.07) is 4.17. The summed E-state index contributed by atoms with van der Waals surface area (Å²) in [6.45, 7) is 6.09. The molecule has 2 aromatic rings. The van der Waals surface area contributed by atoms with Crippen molar-refractivity contribution in [1.82, 2.24) is 15.3 Å². The topological polar surface area (TPSA) is 67.1 Å². The predicted molar refractivity (Wildman–Crippen MR) is 97.5 cm³/mol. The third kappa shape index (κ3) is 3.90. The van der Waals surface area contributed by atoms with Crippen molar-refractivity contribution in [2.45, 2.75) is 25.8 Å². The smallest absolute Gasteiger partial charge is 0.222 e. The lowest BCUT2D eigenvalue weighted by Crippen LogP contribution is -2.46. The van der Waals surface area contributed by atoms with Gasteiger partial charge in [-0.15, -0.1) is 0 Å². The third-order valence-electron chi connectivity index (χ3n) is 4.26. The van der Waals surface area contributed by atoms with Crippen LogP contribution in [0.3, 0.4) is 0 Å². The molecule has 5 nitrogen and oxygen atoms in total. The lowest BCUT2D eigenvalue weighted by molar-refractivity contribution is 0.459. The minimum Gasteiger partial charge on any atom is -0.368 e. The van der Waals surface area contributed by atoms with Gasteiger partial charge in [-0.05, 0) is 23.6 Å². The van der Waals surface area contributed by atoms with Crippen LogP contribution in [-0.4, -0.2) is 29.6 Å². The molecule has 0 aliphatic carbocycles. The van der Waals surface area contributed by atoms with Gasteiger partial charge in [0.25, 0.3) is 0 Å². The minimum atomic E-state index is -0.867. The van der Waals surface area contributed by atoms with Gasteiger partial charge < -0.3 is 16.0 Å². The molecular weight excluding hydrogens is 392 g/mol. The largest absolute Gasteiger partial charge is 0.368 e. The predicted octanol–water partition coefficient (Wildman–Crippen LogP) is 3.37. The summed E-state index contributed by atoms with van der Waals surface area (Å²) in [5, 5.41) is 3.34. The summed E-state index contributed by atoms with van der Waals surface area (Å²) in [6.07, 6.45) is 0. The van der Waals surface area contributed by atoms with E-state index in [1.165, 1.54) is 6.07 Å². The van der Waals surface area contributed by atoms with Gasteiger partial charge in [-0.2, -0.15) is 4.98 Å². The van der Waals surface area contributed by atoms with E-state index in [2.05, 4.69) is 36.1 Å². The molecule has 3 rings (SSSR count). The van der Waals surface area contributed by atoms with E-state index in [1.807, 2.05) is 19.9 Å². The maximum Gasteiger partial charge on any atom is 0.222 e. The molecule has 1 aliphatic rings. The molecule has 0 spiro atoms. The maximum absolute atomic E-state index is 13.7. The molecule has 134 valence electrons. The van der Waals surface area contributed by atoms with Gasteiger partial charge in [0.1, 0.15) is 5.82 Å². The number of nitrogens with zero attached hydrogens (tertiary/aromatic N) is 3. The minimum absolute atomic E-state index is 0.156. The molecule has 0 bridgehead atoms. The fraction of sp³-hybridized carbons (Fsp3) is 0.412. The summed E-state index contributed by atoms with van der Waals surface area (Å²) >= 11 is 3.32. The first-order chi connectivity index (χ1) is 11.8. The fourth-order valence-corrected chi connectivity index (χ4v) is 3.49. The molecule has 1 saturated heterocycles. The Kier molecular flexibility index (Phi) is 5.19. The van der Waals surface area contributed by atoms with Crippen molar-refractivity contribution in [1.29, 1.82) is 0 Å². The number of hydrogen-bond donors (Lipinski definition) is 2. The summed E-state index contributed by atoms with van der Waals surface area (Å²) in [7, 11) is 0. The lowest BCUT2D eigenvalue weighted by Gasteiger charge is -2.35. The van der Waals surface area contributed by atoms with Gasteiger partial charge in [0, 0.05) is 30.2 Å². The number of piperazine rings is 1. The van der Waals surface area contributed by atoms with Crippen molar-refractivity contribution in [2.24, 2.45) is 0 Å². The van der Waals surface area contributed by atoms with Crippen LogP contribution in [0.1, 0.15) is 37.1 Å². The average molecular weight is 412 g/mol. The van der Waals surface area contributed by atoms with Gasteiger partial charge in [-0.25, -0.2) is 13.8 Å². The normalized spacial score (nSPS) is 18.0. The Morgan fingerprint density at radius 1 is 1.24 bits per heavy atom. The van der Waals surface area contributed by atoms with Crippen LogP contribution < -0.4 is 16.0 Å². The average Bonchev–Trinajstić information content (AvgIpc) is 2.57. The Hall–Kier alpha value is -1.80. The van der Waals surface area contributed by atoms with Crippen molar-refractivity contribution in [2.75, 3.05) is 30.3 Å². The van der Waals surface area contributed by atoms with Gasteiger partial charge in [-0.3, -0.25) is 0 Å². The quantitative estimate of drug-likeness (QED) is 0.757. The Bertz CT molecular complexity index is 784. The SMILES string of the molecule is CC(C)c1cc(N2CCNC(c3cc(F)c(F)cc3Br)C2)nc(N)n1. The monoisotopic (exact) mass is 411 g/mol. The van der Waals surface area contributed by atoms with E-state index in [4.69, 9.17) is 5.73 Å². The van der Waals surface area contributed by atoms with E-state index in [9.17, 15) is 8.78 Å². The van der Waals surface area contributed by atoms with Crippen LogP contribution in [0, 0.1) is 11.6 Å². The molecule has 2 heterocycles. The van der Waals surface area contributed by atoms with E-state index in [-0.39, 0.29) is 17.9 Å². The van der Waals surface area contributed by atoms with Crippen LogP contribution in [0.15, 0.2) is 22.7 Å². The van der Waals surface area contributed by atoms with Crippen molar-refractivity contribution < 1.29 is 8.78 Å². The summed E-state index contributed by atoms with van der Waals surface area (Å²) < 4.78 is 27.6. The standard InChI is InChI=1S/C17H20BrF2N5/c1-9(2)14-7-16(24-17(21)23-14)25-4-3-22-15(8-25)10-5-12(19)13(20)6-11(10)18/h5-7,9,15,22H,3-4,8H2,1-2H3,(H2,21,23,24).